The second-order valence-electron chi connectivity index (χ2n) is 3.57. The van der Waals surface area contributed by atoms with Crippen LogP contribution < -0.4 is 15.6 Å². The molecular formula is C9H12N4O2S. The highest BCUT2D eigenvalue weighted by atomic mass is 32.2. The molecule has 1 aromatic rings. The third-order valence-electron chi connectivity index (χ3n) is 2.10. The van der Waals surface area contributed by atoms with Crippen LogP contribution in [0.5, 0.6) is 0 Å². The molecule has 0 amide bonds. The summed E-state index contributed by atoms with van der Waals surface area (Å²) in [5.41, 5.74) is 2.12. The van der Waals surface area contributed by atoms with E-state index in [4.69, 9.17) is 5.84 Å². The first kappa shape index (κ1) is 10.9. The summed E-state index contributed by atoms with van der Waals surface area (Å²) < 4.78 is 24.5. The zero-order valence-electron chi connectivity index (χ0n) is 8.71. The molecular weight excluding hydrogens is 228 g/mol. The number of hydrazine groups is 1. The molecule has 0 aliphatic carbocycles. The molecule has 0 fully saturated rings. The Balaban J connectivity index is 2.37. The van der Waals surface area contributed by atoms with E-state index in [0.717, 1.165) is 17.5 Å². The number of nitrogens with zero attached hydrogens (tertiary/aromatic N) is 2. The first-order valence-electron chi connectivity index (χ1n) is 4.59. The number of hydrogen-bond acceptors (Lipinski definition) is 5. The molecule has 0 spiro atoms. The van der Waals surface area contributed by atoms with E-state index in [1.54, 1.807) is 24.4 Å². The van der Waals surface area contributed by atoms with Crippen LogP contribution in [-0.2, 0) is 10.0 Å². The lowest BCUT2D eigenvalue weighted by molar-refractivity contribution is 0.607. The molecule has 3 N–H and O–H groups in total. The topological polar surface area (TPSA) is 87.8 Å². The predicted octanol–water partition coefficient (Wildman–Crippen LogP) is 0.128. The number of nitrogens with one attached hydrogen (secondary N) is 1. The Kier molecular flexibility index (Phi) is 2.56. The van der Waals surface area contributed by atoms with Crippen molar-refractivity contribution < 1.29 is 8.42 Å². The quantitative estimate of drug-likeness (QED) is 0.719. The molecule has 0 aromatic heterocycles. The predicted molar refractivity (Wildman–Crippen MR) is 64.0 cm³/mol. The smallest absolute Gasteiger partial charge is 0.229 e. The summed E-state index contributed by atoms with van der Waals surface area (Å²) in [6, 6.07) is 5.12. The molecule has 0 saturated heterocycles. The summed E-state index contributed by atoms with van der Waals surface area (Å²) >= 11 is 0. The fourth-order valence-electron chi connectivity index (χ4n) is 1.50. The van der Waals surface area contributed by atoms with Crippen molar-refractivity contribution in [3.63, 3.8) is 0 Å². The van der Waals surface area contributed by atoms with Crippen molar-refractivity contribution in [2.75, 3.05) is 22.7 Å². The Morgan fingerprint density at radius 1 is 1.50 bits per heavy atom. The summed E-state index contributed by atoms with van der Waals surface area (Å²) in [6.45, 7) is 0.409. The Morgan fingerprint density at radius 3 is 2.94 bits per heavy atom. The average molecular weight is 240 g/mol. The normalized spacial score (nSPS) is 14.8. The molecule has 2 rings (SSSR count). The molecule has 16 heavy (non-hydrogen) atoms. The van der Waals surface area contributed by atoms with Crippen molar-refractivity contribution >= 4 is 27.6 Å². The van der Waals surface area contributed by atoms with Crippen LogP contribution in [0.2, 0.25) is 0 Å². The van der Waals surface area contributed by atoms with Crippen LogP contribution in [-0.4, -0.2) is 27.6 Å². The summed E-state index contributed by atoms with van der Waals surface area (Å²) in [7, 11) is -3.26. The van der Waals surface area contributed by atoms with Gasteiger partial charge in [-0.2, -0.15) is 0 Å². The zero-order chi connectivity index (χ0) is 11.8. The number of rotatable bonds is 2. The largest absolute Gasteiger partial charge is 0.289 e. The van der Waals surface area contributed by atoms with Gasteiger partial charge < -0.3 is 0 Å². The summed E-state index contributed by atoms with van der Waals surface area (Å²) in [4.78, 5) is 4.04. The van der Waals surface area contributed by atoms with Gasteiger partial charge in [0.15, 0.2) is 0 Å². The van der Waals surface area contributed by atoms with Crippen LogP contribution in [0, 0.1) is 0 Å². The van der Waals surface area contributed by atoms with Crippen LogP contribution in [0.15, 0.2) is 23.2 Å². The van der Waals surface area contributed by atoms with Gasteiger partial charge in [0.25, 0.3) is 0 Å². The van der Waals surface area contributed by atoms with E-state index >= 15 is 0 Å². The Hall–Kier alpha value is -1.60. The first-order chi connectivity index (χ1) is 7.46. The van der Waals surface area contributed by atoms with Crippen LogP contribution in [0.25, 0.3) is 0 Å². The van der Waals surface area contributed by atoms with Crippen molar-refractivity contribution in [3.05, 3.63) is 23.8 Å². The van der Waals surface area contributed by atoms with Gasteiger partial charge in [-0.3, -0.25) is 14.7 Å². The number of aliphatic imine (C=N–C) groups is 1. The molecule has 1 aromatic carbocycles. The molecule has 1 aliphatic heterocycles. The molecule has 0 saturated carbocycles. The van der Waals surface area contributed by atoms with E-state index in [-0.39, 0.29) is 0 Å². The van der Waals surface area contributed by atoms with Crippen molar-refractivity contribution in [2.45, 2.75) is 0 Å². The number of nitrogens with two attached hydrogens (primary N) is 1. The summed E-state index contributed by atoms with van der Waals surface area (Å²) in [6.07, 6.45) is 2.78. The highest BCUT2D eigenvalue weighted by Crippen LogP contribution is 2.23. The molecule has 0 atom stereocenters. The Bertz CT molecular complexity index is 538. The SMILES string of the molecule is CS(=O)(=O)Nc1ccc2c(c1)C=NCN2N. The van der Waals surface area contributed by atoms with Crippen LogP contribution in [0.3, 0.4) is 0 Å². The lowest BCUT2D eigenvalue weighted by atomic mass is 10.1. The van der Waals surface area contributed by atoms with Gasteiger partial charge in [0.05, 0.1) is 11.9 Å². The minimum atomic E-state index is -3.26. The average Bonchev–Trinajstić information content (AvgIpc) is 2.15. The third-order valence-corrected chi connectivity index (χ3v) is 2.71. The summed E-state index contributed by atoms with van der Waals surface area (Å²) in [5, 5.41) is 1.50. The second kappa shape index (κ2) is 3.76. The Labute approximate surface area is 93.8 Å². The first-order valence-corrected chi connectivity index (χ1v) is 6.49. The fraction of sp³-hybridized carbons (Fsp3) is 0.222. The lowest BCUT2D eigenvalue weighted by Gasteiger charge is -2.22. The second-order valence-corrected chi connectivity index (χ2v) is 5.32. The minimum absolute atomic E-state index is 0.409. The maximum absolute atomic E-state index is 11.1. The monoisotopic (exact) mass is 240 g/mol. The van der Waals surface area contributed by atoms with Gasteiger partial charge in [-0.05, 0) is 18.2 Å². The van der Waals surface area contributed by atoms with E-state index < -0.39 is 10.0 Å². The number of anilines is 2. The van der Waals surface area contributed by atoms with Crippen molar-refractivity contribution in [1.82, 2.24) is 0 Å². The lowest BCUT2D eigenvalue weighted by Crippen LogP contribution is -2.33. The van der Waals surface area contributed by atoms with Gasteiger partial charge in [-0.15, -0.1) is 0 Å². The fourth-order valence-corrected chi connectivity index (χ4v) is 2.06. The van der Waals surface area contributed by atoms with Crippen LogP contribution in [0.1, 0.15) is 5.56 Å². The number of fused-ring (bicyclic) bond motifs is 1. The Morgan fingerprint density at radius 2 is 2.25 bits per heavy atom. The molecule has 6 nitrogen and oxygen atoms in total. The van der Waals surface area contributed by atoms with Gasteiger partial charge >= 0.3 is 0 Å². The van der Waals surface area contributed by atoms with E-state index in [9.17, 15) is 8.42 Å². The highest BCUT2D eigenvalue weighted by molar-refractivity contribution is 7.92. The van der Waals surface area contributed by atoms with E-state index in [1.165, 1.54) is 5.01 Å². The van der Waals surface area contributed by atoms with Crippen molar-refractivity contribution in [3.8, 4) is 0 Å². The molecule has 0 radical (unpaired) electrons. The van der Waals surface area contributed by atoms with Crippen molar-refractivity contribution in [1.29, 1.82) is 0 Å². The van der Waals surface area contributed by atoms with Crippen LogP contribution >= 0.6 is 0 Å². The van der Waals surface area contributed by atoms with Gasteiger partial charge in [0.1, 0.15) is 6.67 Å². The molecule has 1 heterocycles. The molecule has 1 aliphatic rings. The molecule has 0 unspecified atom stereocenters. The van der Waals surface area contributed by atoms with Gasteiger partial charge in [0, 0.05) is 17.5 Å². The zero-order valence-corrected chi connectivity index (χ0v) is 9.53. The number of hydrogen-bond donors (Lipinski definition) is 2. The van der Waals surface area contributed by atoms with Crippen molar-refractivity contribution in [2.24, 2.45) is 10.8 Å². The van der Waals surface area contributed by atoms with Gasteiger partial charge in [0.2, 0.25) is 10.0 Å². The highest BCUT2D eigenvalue weighted by Gasteiger charge is 2.12. The maximum Gasteiger partial charge on any atom is 0.229 e. The van der Waals surface area contributed by atoms with E-state index in [0.29, 0.717) is 12.4 Å². The number of benzene rings is 1. The molecule has 0 bridgehead atoms. The summed E-state index contributed by atoms with van der Waals surface area (Å²) in [5.74, 6) is 5.70. The molecule has 86 valence electrons. The van der Waals surface area contributed by atoms with E-state index in [1.807, 2.05) is 0 Å². The van der Waals surface area contributed by atoms with Crippen LogP contribution in [0.4, 0.5) is 11.4 Å². The van der Waals surface area contributed by atoms with Gasteiger partial charge in [-0.25, -0.2) is 14.3 Å². The number of sulfonamides is 1. The minimum Gasteiger partial charge on any atom is -0.289 e. The third kappa shape index (κ3) is 2.31. The molecule has 7 heteroatoms. The maximum atomic E-state index is 11.1. The van der Waals surface area contributed by atoms with Gasteiger partial charge in [-0.1, -0.05) is 0 Å². The van der Waals surface area contributed by atoms with E-state index in [2.05, 4.69) is 9.71 Å². The standard InChI is InChI=1S/C9H12N4O2S/c1-16(14,15)12-8-2-3-9-7(4-8)5-11-6-13(9)10/h2-5,12H,6,10H2,1H3.